The van der Waals surface area contributed by atoms with E-state index in [0.29, 0.717) is 27.8 Å². The minimum Gasteiger partial charge on any atom is -0.369 e. The smallest absolute Gasteiger partial charge is 0.260 e. The quantitative estimate of drug-likeness (QED) is 0.749. The Kier molecular flexibility index (Phi) is 4.89. The summed E-state index contributed by atoms with van der Waals surface area (Å²) in [5.41, 5.74) is 2.48. The third-order valence-corrected chi connectivity index (χ3v) is 5.55. The number of H-pyrrole nitrogens is 1. The summed E-state index contributed by atoms with van der Waals surface area (Å²) in [6, 6.07) is 14.1. The number of hydrogen-bond donors (Lipinski definition) is 1. The summed E-state index contributed by atoms with van der Waals surface area (Å²) in [5, 5.41) is 0.853. The fourth-order valence-corrected chi connectivity index (χ4v) is 3.87. The Balaban J connectivity index is 1.58. The molecule has 4 rings (SSSR count). The first-order valence-corrected chi connectivity index (χ1v) is 9.69. The van der Waals surface area contributed by atoms with Crippen molar-refractivity contribution in [1.82, 2.24) is 14.9 Å². The molecule has 6 heteroatoms. The van der Waals surface area contributed by atoms with Gasteiger partial charge < -0.3 is 9.88 Å². The van der Waals surface area contributed by atoms with Crippen LogP contribution in [0.5, 0.6) is 0 Å². The number of fused-ring (bicyclic) bond motifs is 1. The predicted octanol–water partition coefficient (Wildman–Crippen LogP) is 3.77. The third-order valence-electron chi connectivity index (χ3n) is 5.23. The monoisotopic (exact) mass is 382 g/mol. The van der Waals surface area contributed by atoms with Crippen LogP contribution in [0.3, 0.4) is 0 Å². The van der Waals surface area contributed by atoms with Gasteiger partial charge in [-0.2, -0.15) is 0 Å². The van der Waals surface area contributed by atoms with Crippen LogP contribution in [0, 0.1) is 0 Å². The van der Waals surface area contributed by atoms with Crippen LogP contribution >= 0.6 is 11.6 Å². The molecule has 0 unspecified atom stereocenters. The minimum atomic E-state index is -0.213. The van der Waals surface area contributed by atoms with Gasteiger partial charge in [-0.25, -0.2) is 4.98 Å². The summed E-state index contributed by atoms with van der Waals surface area (Å²) >= 11 is 6.13. The minimum absolute atomic E-state index is 0.213. The van der Waals surface area contributed by atoms with Crippen LogP contribution in [0.15, 0.2) is 47.3 Å². The van der Waals surface area contributed by atoms with Gasteiger partial charge in [0, 0.05) is 43.5 Å². The van der Waals surface area contributed by atoms with Crippen molar-refractivity contribution in [1.29, 1.82) is 0 Å². The van der Waals surface area contributed by atoms with E-state index in [1.165, 1.54) is 5.69 Å². The van der Waals surface area contributed by atoms with E-state index in [0.717, 1.165) is 31.7 Å². The van der Waals surface area contributed by atoms with Gasteiger partial charge in [-0.05, 0) is 50.2 Å². The van der Waals surface area contributed by atoms with Gasteiger partial charge in [-0.1, -0.05) is 17.7 Å². The molecule has 1 aromatic heterocycles. The summed E-state index contributed by atoms with van der Waals surface area (Å²) in [5.74, 6) is 0.561. The zero-order valence-corrected chi connectivity index (χ0v) is 16.3. The Bertz CT molecular complexity index is 1000. The molecular formula is C21H23ClN4O. The number of benzene rings is 2. The lowest BCUT2D eigenvalue weighted by molar-refractivity contribution is 0.209. The van der Waals surface area contributed by atoms with Crippen LogP contribution in [0.25, 0.3) is 22.3 Å². The van der Waals surface area contributed by atoms with Gasteiger partial charge in [0.15, 0.2) is 0 Å². The van der Waals surface area contributed by atoms with Crippen molar-refractivity contribution in [3.8, 4) is 11.4 Å². The van der Waals surface area contributed by atoms with E-state index in [4.69, 9.17) is 11.6 Å². The van der Waals surface area contributed by atoms with Crippen molar-refractivity contribution in [2.24, 2.45) is 0 Å². The van der Waals surface area contributed by atoms with Crippen molar-refractivity contribution in [3.05, 3.63) is 57.8 Å². The van der Waals surface area contributed by atoms with Crippen molar-refractivity contribution in [2.45, 2.75) is 19.9 Å². The van der Waals surface area contributed by atoms with Crippen molar-refractivity contribution >= 4 is 28.2 Å². The number of rotatable bonds is 3. The maximum absolute atomic E-state index is 12.4. The number of nitrogens with one attached hydrogen (secondary N) is 1. The fourth-order valence-electron chi connectivity index (χ4n) is 3.61. The van der Waals surface area contributed by atoms with Crippen LogP contribution in [-0.2, 0) is 0 Å². The number of nitrogens with zero attached hydrogens (tertiary/aromatic N) is 3. The molecule has 1 aliphatic rings. The zero-order chi connectivity index (χ0) is 19.0. The van der Waals surface area contributed by atoms with Gasteiger partial charge in [0.25, 0.3) is 5.56 Å². The lowest BCUT2D eigenvalue weighted by Gasteiger charge is -2.38. The van der Waals surface area contributed by atoms with Gasteiger partial charge in [0.1, 0.15) is 5.82 Å². The van der Waals surface area contributed by atoms with E-state index in [-0.39, 0.29) is 5.56 Å². The molecule has 140 valence electrons. The van der Waals surface area contributed by atoms with Gasteiger partial charge in [0.05, 0.1) is 15.9 Å². The average Bonchev–Trinajstić information content (AvgIpc) is 2.68. The molecule has 0 amide bonds. The molecule has 2 heterocycles. The molecule has 5 nitrogen and oxygen atoms in total. The Morgan fingerprint density at radius 1 is 1.04 bits per heavy atom. The average molecular weight is 383 g/mol. The highest BCUT2D eigenvalue weighted by Gasteiger charge is 2.19. The van der Waals surface area contributed by atoms with Gasteiger partial charge in [0.2, 0.25) is 0 Å². The van der Waals surface area contributed by atoms with Crippen molar-refractivity contribution < 1.29 is 0 Å². The number of aromatic amines is 1. The number of halogens is 1. The molecule has 27 heavy (non-hydrogen) atoms. The van der Waals surface area contributed by atoms with Crippen LogP contribution in [-0.4, -0.2) is 47.1 Å². The highest BCUT2D eigenvalue weighted by atomic mass is 35.5. The summed E-state index contributed by atoms with van der Waals surface area (Å²) in [4.78, 5) is 24.7. The van der Waals surface area contributed by atoms with Crippen molar-refractivity contribution in [3.63, 3.8) is 0 Å². The summed E-state index contributed by atoms with van der Waals surface area (Å²) in [6.45, 7) is 8.71. The summed E-state index contributed by atoms with van der Waals surface area (Å²) in [6.07, 6.45) is 0. The molecule has 1 saturated heterocycles. The summed E-state index contributed by atoms with van der Waals surface area (Å²) < 4.78 is 0. The highest BCUT2D eigenvalue weighted by molar-refractivity contribution is 6.35. The van der Waals surface area contributed by atoms with E-state index in [1.54, 1.807) is 12.1 Å². The second-order valence-corrected chi connectivity index (χ2v) is 7.62. The SMILES string of the molecule is CC(C)N1CCN(c2ccc(-c3nc4cccc(Cl)c4c(=O)[nH]3)cc2)CC1. The Labute approximate surface area is 163 Å². The first-order valence-electron chi connectivity index (χ1n) is 9.31. The van der Waals surface area contributed by atoms with E-state index < -0.39 is 0 Å². The maximum atomic E-state index is 12.4. The zero-order valence-electron chi connectivity index (χ0n) is 15.6. The second kappa shape index (κ2) is 7.33. The molecule has 3 aromatic rings. The number of aromatic nitrogens is 2. The van der Waals surface area contributed by atoms with Gasteiger partial charge in [-0.3, -0.25) is 9.69 Å². The van der Waals surface area contributed by atoms with E-state index in [2.05, 4.69) is 45.7 Å². The maximum Gasteiger partial charge on any atom is 0.260 e. The predicted molar refractivity (Wildman–Crippen MR) is 112 cm³/mol. The van der Waals surface area contributed by atoms with E-state index in [1.807, 2.05) is 18.2 Å². The molecule has 0 aliphatic carbocycles. The third kappa shape index (κ3) is 3.57. The van der Waals surface area contributed by atoms with Crippen LogP contribution in [0.2, 0.25) is 5.02 Å². The molecule has 1 N–H and O–H groups in total. The molecule has 1 aliphatic heterocycles. The lowest BCUT2D eigenvalue weighted by Crippen LogP contribution is -2.48. The van der Waals surface area contributed by atoms with Crippen molar-refractivity contribution in [2.75, 3.05) is 31.1 Å². The van der Waals surface area contributed by atoms with Gasteiger partial charge in [-0.15, -0.1) is 0 Å². The molecule has 0 bridgehead atoms. The Hall–Kier alpha value is -2.37. The molecular weight excluding hydrogens is 360 g/mol. The second-order valence-electron chi connectivity index (χ2n) is 7.21. The molecule has 1 fully saturated rings. The van der Waals surface area contributed by atoms with Crippen LogP contribution in [0.1, 0.15) is 13.8 Å². The normalized spacial score (nSPS) is 15.6. The van der Waals surface area contributed by atoms with Crippen LogP contribution < -0.4 is 10.5 Å². The number of piperazine rings is 1. The van der Waals surface area contributed by atoms with Crippen LogP contribution in [0.4, 0.5) is 5.69 Å². The number of anilines is 1. The Morgan fingerprint density at radius 3 is 2.41 bits per heavy atom. The number of hydrogen-bond acceptors (Lipinski definition) is 4. The molecule has 0 saturated carbocycles. The molecule has 0 atom stereocenters. The lowest BCUT2D eigenvalue weighted by atomic mass is 10.1. The van der Waals surface area contributed by atoms with E-state index >= 15 is 0 Å². The molecule has 0 spiro atoms. The standard InChI is InChI=1S/C21H23ClN4O/c1-14(2)25-10-12-26(13-11-25)16-8-6-15(7-9-16)20-23-18-5-3-4-17(22)19(18)21(27)24-20/h3-9,14H,10-13H2,1-2H3,(H,23,24,27). The highest BCUT2D eigenvalue weighted by Crippen LogP contribution is 2.24. The first-order chi connectivity index (χ1) is 13.0. The van der Waals surface area contributed by atoms with Gasteiger partial charge >= 0.3 is 0 Å². The molecule has 2 aromatic carbocycles. The Morgan fingerprint density at radius 2 is 1.74 bits per heavy atom. The molecule has 0 radical (unpaired) electrons. The largest absolute Gasteiger partial charge is 0.369 e. The first kappa shape index (κ1) is 18.0. The topological polar surface area (TPSA) is 52.2 Å². The van der Waals surface area contributed by atoms with E-state index in [9.17, 15) is 4.79 Å². The summed E-state index contributed by atoms with van der Waals surface area (Å²) in [7, 11) is 0. The fraction of sp³-hybridized carbons (Fsp3) is 0.333.